The first-order valence-corrected chi connectivity index (χ1v) is 6.93. The van der Waals surface area contributed by atoms with Gasteiger partial charge < -0.3 is 14.0 Å². The minimum Gasteiger partial charge on any atom is -0.482 e. The molecule has 6 nitrogen and oxygen atoms in total. The van der Waals surface area contributed by atoms with Gasteiger partial charge in [0.05, 0.1) is 11.1 Å². The lowest BCUT2D eigenvalue weighted by Crippen LogP contribution is -2.12. The summed E-state index contributed by atoms with van der Waals surface area (Å²) in [6.07, 6.45) is -5.09. The fourth-order valence-corrected chi connectivity index (χ4v) is 1.92. The third kappa shape index (κ3) is 3.91. The van der Waals surface area contributed by atoms with E-state index in [1.165, 1.54) is 13.2 Å². The van der Waals surface area contributed by atoms with Crippen molar-refractivity contribution >= 4 is 5.78 Å². The fraction of sp³-hybridized carbons (Fsp3) is 0.400. The molecular weight excluding hydrogens is 329 g/mol. The van der Waals surface area contributed by atoms with E-state index in [9.17, 15) is 18.0 Å². The van der Waals surface area contributed by atoms with Crippen LogP contribution in [0.15, 0.2) is 22.7 Å². The van der Waals surface area contributed by atoms with Crippen LogP contribution in [0.3, 0.4) is 0 Å². The maximum absolute atomic E-state index is 13.1. The molecule has 0 bridgehead atoms. The van der Waals surface area contributed by atoms with Crippen molar-refractivity contribution in [3.63, 3.8) is 0 Å². The number of methoxy groups -OCH3 is 1. The molecule has 0 fully saturated rings. The predicted molar refractivity (Wildman–Crippen MR) is 75.5 cm³/mol. The zero-order valence-corrected chi connectivity index (χ0v) is 13.2. The number of hydrogen-bond donors (Lipinski definition) is 0. The summed E-state index contributed by atoms with van der Waals surface area (Å²) in [5.41, 5.74) is -1.21. The second-order valence-corrected chi connectivity index (χ2v) is 4.95. The molecule has 1 heterocycles. The maximum Gasteiger partial charge on any atom is 0.419 e. The van der Waals surface area contributed by atoms with Crippen LogP contribution in [0, 0.1) is 0 Å². The molecule has 0 saturated heterocycles. The summed E-state index contributed by atoms with van der Waals surface area (Å²) in [4.78, 5) is 15.5. The van der Waals surface area contributed by atoms with E-state index < -0.39 is 36.0 Å². The highest BCUT2D eigenvalue weighted by Crippen LogP contribution is 2.38. The van der Waals surface area contributed by atoms with Gasteiger partial charge in [-0.05, 0) is 26.0 Å². The maximum atomic E-state index is 13.1. The number of Topliss-reactive ketones (excluding diaryl/α,β-unsaturated/α-hetero) is 1. The van der Waals surface area contributed by atoms with E-state index in [1.54, 1.807) is 6.92 Å². The zero-order valence-electron chi connectivity index (χ0n) is 13.2. The van der Waals surface area contributed by atoms with Gasteiger partial charge in [-0.15, -0.1) is 0 Å². The molecule has 0 aliphatic carbocycles. The van der Waals surface area contributed by atoms with E-state index in [0.717, 1.165) is 19.1 Å². The second-order valence-electron chi connectivity index (χ2n) is 4.95. The van der Waals surface area contributed by atoms with Gasteiger partial charge in [-0.3, -0.25) is 4.79 Å². The summed E-state index contributed by atoms with van der Waals surface area (Å²) < 4.78 is 54.4. The van der Waals surface area contributed by atoms with Crippen molar-refractivity contribution < 1.29 is 32.0 Å². The smallest absolute Gasteiger partial charge is 0.419 e. The fourth-order valence-electron chi connectivity index (χ4n) is 1.92. The number of alkyl halides is 3. The lowest BCUT2D eigenvalue weighted by atomic mass is 10.1. The Morgan fingerprint density at radius 2 is 2.08 bits per heavy atom. The van der Waals surface area contributed by atoms with Gasteiger partial charge in [0.25, 0.3) is 5.89 Å². The average Bonchev–Trinajstić information content (AvgIpc) is 2.99. The summed E-state index contributed by atoms with van der Waals surface area (Å²) in [6, 6.07) is 3.25. The summed E-state index contributed by atoms with van der Waals surface area (Å²) in [5.74, 6) is -0.889. The van der Waals surface area contributed by atoms with E-state index in [0.29, 0.717) is 0 Å². The summed E-state index contributed by atoms with van der Waals surface area (Å²) in [5, 5.41) is 3.65. The largest absolute Gasteiger partial charge is 0.482 e. The van der Waals surface area contributed by atoms with Crippen molar-refractivity contribution in [2.24, 2.45) is 0 Å². The van der Waals surface area contributed by atoms with Crippen LogP contribution in [0.5, 0.6) is 5.75 Å². The first-order chi connectivity index (χ1) is 11.2. The Kier molecular flexibility index (Phi) is 5.23. The van der Waals surface area contributed by atoms with Gasteiger partial charge in [-0.25, -0.2) is 0 Å². The Labute approximate surface area is 135 Å². The molecule has 0 unspecified atom stereocenters. The van der Waals surface area contributed by atoms with E-state index in [4.69, 9.17) is 14.0 Å². The number of aromatic nitrogens is 2. The number of ether oxygens (including phenoxy) is 2. The number of hydrogen-bond acceptors (Lipinski definition) is 6. The van der Waals surface area contributed by atoms with E-state index >= 15 is 0 Å². The molecule has 0 radical (unpaired) electrons. The van der Waals surface area contributed by atoms with Gasteiger partial charge in [0, 0.05) is 7.11 Å². The van der Waals surface area contributed by atoms with Crippen molar-refractivity contribution in [3.8, 4) is 5.75 Å². The molecule has 130 valence electrons. The minimum atomic E-state index is -4.66. The van der Waals surface area contributed by atoms with Crippen molar-refractivity contribution in [2.75, 3.05) is 7.11 Å². The summed E-state index contributed by atoms with van der Waals surface area (Å²) in [7, 11) is 1.45. The molecule has 9 heteroatoms. The number of carbonyl (C=O) groups excluding carboxylic acids is 1. The van der Waals surface area contributed by atoms with Crippen molar-refractivity contribution in [2.45, 2.75) is 32.7 Å². The Hall–Kier alpha value is -2.42. The van der Waals surface area contributed by atoms with Gasteiger partial charge in [0.1, 0.15) is 11.9 Å². The van der Waals surface area contributed by atoms with Gasteiger partial charge in [-0.1, -0.05) is 11.2 Å². The topological polar surface area (TPSA) is 74.5 Å². The monoisotopic (exact) mass is 344 g/mol. The Morgan fingerprint density at radius 3 is 2.67 bits per heavy atom. The highest BCUT2D eigenvalue weighted by atomic mass is 19.4. The van der Waals surface area contributed by atoms with Crippen LogP contribution in [0.25, 0.3) is 0 Å². The number of nitrogens with zero attached hydrogens (tertiary/aromatic N) is 2. The van der Waals surface area contributed by atoms with Crippen LogP contribution >= 0.6 is 0 Å². The van der Waals surface area contributed by atoms with E-state index in [2.05, 4.69) is 10.1 Å². The third-order valence-corrected chi connectivity index (χ3v) is 3.24. The molecule has 1 atom stereocenters. The number of carbonyl (C=O) groups is 1. The molecule has 24 heavy (non-hydrogen) atoms. The molecule has 0 spiro atoms. The van der Waals surface area contributed by atoms with Crippen LogP contribution in [-0.4, -0.2) is 23.0 Å². The zero-order chi connectivity index (χ0) is 17.9. The normalized spacial score (nSPS) is 12.9. The number of benzene rings is 1. The summed E-state index contributed by atoms with van der Waals surface area (Å²) >= 11 is 0. The predicted octanol–water partition coefficient (Wildman–Crippen LogP) is 3.58. The Morgan fingerprint density at radius 1 is 1.38 bits per heavy atom. The number of halogens is 3. The second kappa shape index (κ2) is 7.00. The first kappa shape index (κ1) is 17.9. The Bertz CT molecular complexity index is 728. The van der Waals surface area contributed by atoms with Gasteiger partial charge in [0.2, 0.25) is 0 Å². The van der Waals surface area contributed by atoms with Crippen LogP contribution < -0.4 is 4.74 Å². The molecule has 0 amide bonds. The van der Waals surface area contributed by atoms with Crippen molar-refractivity contribution in [1.29, 1.82) is 0 Å². The SMILES string of the molecule is CO[C@H](C)c1noc(COc2c(C(C)=O)cccc2C(F)(F)F)n1. The molecule has 0 aliphatic heterocycles. The molecule has 2 rings (SSSR count). The van der Waals surface area contributed by atoms with Gasteiger partial charge >= 0.3 is 6.18 Å². The van der Waals surface area contributed by atoms with Crippen LogP contribution in [0.2, 0.25) is 0 Å². The molecule has 2 aromatic rings. The molecule has 0 N–H and O–H groups in total. The van der Waals surface area contributed by atoms with Gasteiger partial charge in [-0.2, -0.15) is 18.2 Å². The summed E-state index contributed by atoms with van der Waals surface area (Å²) in [6.45, 7) is 2.44. The molecule has 0 saturated carbocycles. The van der Waals surface area contributed by atoms with Crippen LogP contribution in [0.1, 0.15) is 47.6 Å². The molecular formula is C15H15F3N2O4. The van der Waals surface area contributed by atoms with Gasteiger partial charge in [0.15, 0.2) is 18.2 Å². The lowest BCUT2D eigenvalue weighted by Gasteiger charge is -2.15. The minimum absolute atomic E-state index is 0.0274. The first-order valence-electron chi connectivity index (χ1n) is 6.93. The third-order valence-electron chi connectivity index (χ3n) is 3.24. The standard InChI is InChI=1S/C15H15F3N2O4/c1-8(21)10-5-4-6-11(15(16,17)18)13(10)23-7-12-19-14(20-24-12)9(2)22-3/h4-6,9H,7H2,1-3H3/t9-/m1/s1. The molecule has 1 aromatic carbocycles. The molecule has 0 aliphatic rings. The highest BCUT2D eigenvalue weighted by Gasteiger charge is 2.36. The van der Waals surface area contributed by atoms with E-state index in [1.807, 2.05) is 0 Å². The molecule has 1 aromatic heterocycles. The lowest BCUT2D eigenvalue weighted by molar-refractivity contribution is -0.139. The highest BCUT2D eigenvalue weighted by molar-refractivity contribution is 5.97. The van der Waals surface area contributed by atoms with Crippen molar-refractivity contribution in [3.05, 3.63) is 41.0 Å². The number of rotatable bonds is 6. The number of ketones is 1. The number of para-hydroxylation sites is 1. The average molecular weight is 344 g/mol. The quantitative estimate of drug-likeness (QED) is 0.746. The van der Waals surface area contributed by atoms with E-state index in [-0.39, 0.29) is 17.3 Å². The Balaban J connectivity index is 2.28. The van der Waals surface area contributed by atoms with Crippen molar-refractivity contribution in [1.82, 2.24) is 10.1 Å². The van der Waals surface area contributed by atoms with Crippen LogP contribution in [-0.2, 0) is 17.5 Å². The van der Waals surface area contributed by atoms with Crippen LogP contribution in [0.4, 0.5) is 13.2 Å².